The van der Waals surface area contributed by atoms with Crippen molar-refractivity contribution in [3.63, 3.8) is 0 Å². The molecule has 1 amide bonds. The molecule has 0 aliphatic carbocycles. The molecule has 1 aromatic rings. The van der Waals surface area contributed by atoms with Crippen LogP contribution in [-0.4, -0.2) is 54.6 Å². The van der Waals surface area contributed by atoms with E-state index in [0.717, 1.165) is 0 Å². The number of aryl methyl sites for hydroxylation is 1. The van der Waals surface area contributed by atoms with Gasteiger partial charge < -0.3 is 11.1 Å². The van der Waals surface area contributed by atoms with Crippen molar-refractivity contribution in [3.05, 3.63) is 12.3 Å². The number of nitrogens with two attached hydrogens (primary N) is 1. The molecule has 1 aromatic heterocycles. The number of amides is 1. The lowest BCUT2D eigenvalue weighted by atomic mass is 9.99. The second-order valence-corrected chi connectivity index (χ2v) is 6.96. The van der Waals surface area contributed by atoms with E-state index in [4.69, 9.17) is 5.73 Å². The van der Waals surface area contributed by atoms with Crippen LogP contribution in [0.2, 0.25) is 0 Å². The van der Waals surface area contributed by atoms with Crippen LogP contribution in [0.5, 0.6) is 0 Å². The van der Waals surface area contributed by atoms with E-state index in [1.54, 1.807) is 7.05 Å². The van der Waals surface area contributed by atoms with Crippen LogP contribution >= 0.6 is 12.4 Å². The number of carbonyl (C=O) groups is 1. The predicted molar refractivity (Wildman–Crippen MR) is 84.0 cm³/mol. The van der Waals surface area contributed by atoms with Crippen molar-refractivity contribution in [3.8, 4) is 0 Å². The quantitative estimate of drug-likeness (QED) is 0.730. The standard InChI is InChI=1S/C12H21N5O3S.ClH/c1-16-11(4-6-15-16)21(19,20)17-8-2-3-10(9-17)12(18)14-7-5-13;/h4,6,10H,2-3,5,7-9,13H2,1H3,(H,14,18);1H. The Morgan fingerprint density at radius 3 is 2.86 bits per heavy atom. The Hall–Kier alpha value is -1.16. The lowest BCUT2D eigenvalue weighted by Crippen LogP contribution is -2.46. The summed E-state index contributed by atoms with van der Waals surface area (Å²) in [5.41, 5.74) is 5.35. The summed E-state index contributed by atoms with van der Waals surface area (Å²) in [6.45, 7) is 1.40. The average molecular weight is 352 g/mol. The molecule has 0 radical (unpaired) electrons. The van der Waals surface area contributed by atoms with E-state index in [9.17, 15) is 13.2 Å². The lowest BCUT2D eigenvalue weighted by Gasteiger charge is -2.31. The zero-order valence-electron chi connectivity index (χ0n) is 12.4. The van der Waals surface area contributed by atoms with Crippen molar-refractivity contribution in [2.75, 3.05) is 26.2 Å². The summed E-state index contributed by atoms with van der Waals surface area (Å²) in [5, 5.41) is 6.75. The molecule has 2 rings (SSSR count). The Kier molecular flexibility index (Phi) is 6.79. The highest BCUT2D eigenvalue weighted by molar-refractivity contribution is 7.89. The summed E-state index contributed by atoms with van der Waals surface area (Å²) in [6, 6.07) is 1.47. The lowest BCUT2D eigenvalue weighted by molar-refractivity contribution is -0.126. The van der Waals surface area contributed by atoms with Gasteiger partial charge in [-0.15, -0.1) is 12.4 Å². The number of piperidine rings is 1. The van der Waals surface area contributed by atoms with E-state index in [1.807, 2.05) is 0 Å². The number of nitrogens with one attached hydrogen (secondary N) is 1. The first-order valence-electron chi connectivity index (χ1n) is 6.92. The number of hydrogen-bond acceptors (Lipinski definition) is 5. The van der Waals surface area contributed by atoms with E-state index >= 15 is 0 Å². The maximum Gasteiger partial charge on any atom is 0.260 e. The van der Waals surface area contributed by atoms with Crippen LogP contribution in [-0.2, 0) is 21.9 Å². The zero-order valence-corrected chi connectivity index (χ0v) is 14.1. The molecule has 10 heteroatoms. The maximum atomic E-state index is 12.6. The molecule has 1 fully saturated rings. The van der Waals surface area contributed by atoms with Crippen LogP contribution in [0.3, 0.4) is 0 Å². The van der Waals surface area contributed by atoms with Crippen molar-refractivity contribution >= 4 is 28.3 Å². The van der Waals surface area contributed by atoms with Crippen LogP contribution in [0.25, 0.3) is 0 Å². The molecule has 0 saturated carbocycles. The average Bonchev–Trinajstić information content (AvgIpc) is 2.91. The Bertz CT molecular complexity index is 604. The summed E-state index contributed by atoms with van der Waals surface area (Å²) in [6.07, 6.45) is 2.80. The first-order valence-corrected chi connectivity index (χ1v) is 8.36. The van der Waals surface area contributed by atoms with Crippen LogP contribution in [0.15, 0.2) is 17.3 Å². The first-order chi connectivity index (χ1) is 9.96. The molecule has 1 aliphatic heterocycles. The molecule has 22 heavy (non-hydrogen) atoms. The first kappa shape index (κ1) is 18.9. The van der Waals surface area contributed by atoms with Gasteiger partial charge in [0.1, 0.15) is 0 Å². The Labute approximate surface area is 136 Å². The predicted octanol–water partition coefficient (Wildman–Crippen LogP) is -0.682. The molecule has 126 valence electrons. The van der Waals surface area contributed by atoms with E-state index in [1.165, 1.54) is 21.3 Å². The Morgan fingerprint density at radius 2 is 2.27 bits per heavy atom. The fourth-order valence-electron chi connectivity index (χ4n) is 2.46. The molecule has 8 nitrogen and oxygen atoms in total. The van der Waals surface area contributed by atoms with Gasteiger partial charge in [0.2, 0.25) is 5.91 Å². The fourth-order valence-corrected chi connectivity index (χ4v) is 4.09. The largest absolute Gasteiger partial charge is 0.355 e. The third-order valence-electron chi connectivity index (χ3n) is 3.58. The van der Waals surface area contributed by atoms with Gasteiger partial charge in [0.05, 0.1) is 12.1 Å². The zero-order chi connectivity index (χ0) is 15.5. The van der Waals surface area contributed by atoms with Crippen LogP contribution in [0, 0.1) is 5.92 Å². The normalized spacial score (nSPS) is 19.5. The smallest absolute Gasteiger partial charge is 0.260 e. The van der Waals surface area contributed by atoms with Crippen molar-refractivity contribution in [2.24, 2.45) is 18.7 Å². The van der Waals surface area contributed by atoms with Crippen LogP contribution in [0.4, 0.5) is 0 Å². The minimum absolute atomic E-state index is 0. The van der Waals surface area contributed by atoms with E-state index in [2.05, 4.69) is 10.4 Å². The topological polar surface area (TPSA) is 110 Å². The van der Waals surface area contributed by atoms with Gasteiger partial charge >= 0.3 is 0 Å². The van der Waals surface area contributed by atoms with Gasteiger partial charge in [0, 0.05) is 33.2 Å². The Balaban J connectivity index is 0.00000242. The summed E-state index contributed by atoms with van der Waals surface area (Å²) in [5.74, 6) is -0.460. The van der Waals surface area contributed by atoms with Crippen molar-refractivity contribution in [1.82, 2.24) is 19.4 Å². The minimum Gasteiger partial charge on any atom is -0.355 e. The third-order valence-corrected chi connectivity index (χ3v) is 5.52. The molecular weight excluding hydrogens is 330 g/mol. The van der Waals surface area contributed by atoms with Gasteiger partial charge in [-0.1, -0.05) is 0 Å². The third kappa shape index (κ3) is 3.97. The number of hydrogen-bond donors (Lipinski definition) is 2. The monoisotopic (exact) mass is 351 g/mol. The number of nitrogens with zero attached hydrogens (tertiary/aromatic N) is 3. The molecule has 1 aliphatic rings. The highest BCUT2D eigenvalue weighted by atomic mass is 35.5. The van der Waals surface area contributed by atoms with Gasteiger partial charge in [0.25, 0.3) is 10.0 Å². The molecule has 3 N–H and O–H groups in total. The van der Waals surface area contributed by atoms with Crippen LogP contribution < -0.4 is 11.1 Å². The molecule has 1 saturated heterocycles. The molecule has 2 heterocycles. The second-order valence-electron chi connectivity index (χ2n) is 5.07. The van der Waals surface area contributed by atoms with Crippen LogP contribution in [0.1, 0.15) is 12.8 Å². The van der Waals surface area contributed by atoms with Gasteiger partial charge in [-0.25, -0.2) is 8.42 Å². The highest BCUT2D eigenvalue weighted by Gasteiger charge is 2.34. The van der Waals surface area contributed by atoms with Gasteiger partial charge in [0.15, 0.2) is 5.03 Å². The number of halogens is 1. The molecule has 0 aromatic carbocycles. The number of carbonyl (C=O) groups excluding carboxylic acids is 1. The minimum atomic E-state index is -3.61. The molecule has 0 bridgehead atoms. The van der Waals surface area contributed by atoms with E-state index in [-0.39, 0.29) is 35.8 Å². The van der Waals surface area contributed by atoms with Crippen molar-refractivity contribution in [2.45, 2.75) is 17.9 Å². The fraction of sp³-hybridized carbons (Fsp3) is 0.667. The molecule has 0 spiro atoms. The van der Waals surface area contributed by atoms with Crippen molar-refractivity contribution in [1.29, 1.82) is 0 Å². The highest BCUT2D eigenvalue weighted by Crippen LogP contribution is 2.23. The molecule has 1 atom stereocenters. The molecular formula is C12H22ClN5O3S. The maximum absolute atomic E-state index is 12.6. The van der Waals surface area contributed by atoms with Crippen molar-refractivity contribution < 1.29 is 13.2 Å². The van der Waals surface area contributed by atoms with E-state index < -0.39 is 10.0 Å². The summed E-state index contributed by atoms with van der Waals surface area (Å²) >= 11 is 0. The second kappa shape index (κ2) is 7.91. The Morgan fingerprint density at radius 1 is 1.55 bits per heavy atom. The molecule has 1 unspecified atom stereocenters. The van der Waals surface area contributed by atoms with E-state index in [0.29, 0.717) is 32.5 Å². The summed E-state index contributed by atoms with van der Waals surface area (Å²) in [4.78, 5) is 12.0. The van der Waals surface area contributed by atoms with Gasteiger partial charge in [-0.3, -0.25) is 9.48 Å². The van der Waals surface area contributed by atoms with Gasteiger partial charge in [-0.2, -0.15) is 9.40 Å². The summed E-state index contributed by atoms with van der Waals surface area (Å²) < 4.78 is 27.8. The number of rotatable bonds is 5. The summed E-state index contributed by atoms with van der Waals surface area (Å²) in [7, 11) is -2.02. The van der Waals surface area contributed by atoms with Gasteiger partial charge in [-0.05, 0) is 18.9 Å². The SMILES string of the molecule is Cl.Cn1nccc1S(=O)(=O)N1CCCC(C(=O)NCCN)C1. The number of sulfonamides is 1. The number of aromatic nitrogens is 2.